The molecule has 2 N–H and O–H groups in total. The number of aryl methyl sites for hydroxylation is 1. The zero-order valence-electron chi connectivity index (χ0n) is 14.4. The van der Waals surface area contributed by atoms with Crippen LogP contribution in [0.4, 0.5) is 0 Å². The zero-order chi connectivity index (χ0) is 16.6. The average Bonchev–Trinajstić information content (AvgIpc) is 3.14. The van der Waals surface area contributed by atoms with Crippen molar-refractivity contribution < 1.29 is 0 Å². The molecule has 3 aromatic rings. The Labute approximate surface area is 165 Å². The zero-order valence-corrected chi connectivity index (χ0v) is 16.7. The summed E-state index contributed by atoms with van der Waals surface area (Å²) in [4.78, 5) is 4.29. The number of nitrogens with zero attached hydrogens (tertiary/aromatic N) is 3. The molecule has 1 heterocycles. The van der Waals surface area contributed by atoms with Gasteiger partial charge >= 0.3 is 0 Å². The molecule has 0 aliphatic heterocycles. The Morgan fingerprint density at radius 3 is 2.72 bits per heavy atom. The number of nitrogens with one attached hydrogen (secondary N) is 2. The molecular formula is C19H24IN5. The van der Waals surface area contributed by atoms with Gasteiger partial charge in [0.05, 0.1) is 0 Å². The highest BCUT2D eigenvalue weighted by Crippen LogP contribution is 2.18. The highest BCUT2D eigenvalue weighted by Gasteiger charge is 2.02. The Balaban J connectivity index is 0.00000225. The Bertz CT molecular complexity index is 793. The fourth-order valence-electron chi connectivity index (χ4n) is 2.73. The van der Waals surface area contributed by atoms with Crippen molar-refractivity contribution in [2.75, 3.05) is 13.6 Å². The fraction of sp³-hybridized carbons (Fsp3) is 0.263. The van der Waals surface area contributed by atoms with Crippen LogP contribution in [0.3, 0.4) is 0 Å². The smallest absolute Gasteiger partial charge is 0.191 e. The minimum Gasteiger partial charge on any atom is -0.356 e. The van der Waals surface area contributed by atoms with E-state index in [1.165, 1.54) is 16.3 Å². The Hall–Kier alpha value is -2.09. The van der Waals surface area contributed by atoms with Gasteiger partial charge in [0.1, 0.15) is 0 Å². The molecule has 0 spiro atoms. The van der Waals surface area contributed by atoms with Crippen LogP contribution >= 0.6 is 24.0 Å². The summed E-state index contributed by atoms with van der Waals surface area (Å²) >= 11 is 0. The van der Waals surface area contributed by atoms with Gasteiger partial charge in [-0.05, 0) is 28.8 Å². The molecule has 0 saturated carbocycles. The highest BCUT2D eigenvalue weighted by atomic mass is 127. The van der Waals surface area contributed by atoms with Crippen molar-refractivity contribution >= 4 is 40.7 Å². The van der Waals surface area contributed by atoms with E-state index in [1.54, 1.807) is 13.2 Å². The van der Waals surface area contributed by atoms with E-state index >= 15 is 0 Å². The van der Waals surface area contributed by atoms with Crippen molar-refractivity contribution in [2.24, 2.45) is 4.99 Å². The van der Waals surface area contributed by atoms with Gasteiger partial charge in [0, 0.05) is 39.1 Å². The summed E-state index contributed by atoms with van der Waals surface area (Å²) in [6.07, 6.45) is 4.78. The van der Waals surface area contributed by atoms with Crippen molar-refractivity contribution in [3.63, 3.8) is 0 Å². The maximum atomic E-state index is 4.29. The molecule has 132 valence electrons. The molecule has 0 amide bonds. The van der Waals surface area contributed by atoms with Crippen molar-refractivity contribution in [2.45, 2.75) is 19.5 Å². The molecule has 0 radical (unpaired) electrons. The fourth-order valence-corrected chi connectivity index (χ4v) is 2.73. The Morgan fingerprint density at radius 1 is 1.08 bits per heavy atom. The van der Waals surface area contributed by atoms with E-state index < -0.39 is 0 Å². The van der Waals surface area contributed by atoms with Gasteiger partial charge in [-0.1, -0.05) is 42.5 Å². The third kappa shape index (κ3) is 5.45. The molecule has 3 rings (SSSR count). The van der Waals surface area contributed by atoms with Crippen LogP contribution in [0, 0.1) is 0 Å². The van der Waals surface area contributed by atoms with Crippen LogP contribution in [-0.2, 0) is 13.1 Å². The molecular weight excluding hydrogens is 425 g/mol. The average molecular weight is 449 g/mol. The molecule has 6 heteroatoms. The number of fused-ring (bicyclic) bond motifs is 1. The lowest BCUT2D eigenvalue weighted by atomic mass is 10.0. The van der Waals surface area contributed by atoms with Gasteiger partial charge in [-0.25, -0.2) is 0 Å². The lowest BCUT2D eigenvalue weighted by molar-refractivity contribution is 0.570. The minimum atomic E-state index is 0. The standard InChI is InChI=1S/C19H23N5.HI/c1-20-19(21-11-5-13-24-14-6-12-23-24)22-15-17-9-4-8-16-7-2-3-10-18(16)17;/h2-4,6-10,12,14H,5,11,13,15H2,1H3,(H2,20,21,22);1H. The van der Waals surface area contributed by atoms with Crippen LogP contribution in [0.1, 0.15) is 12.0 Å². The summed E-state index contributed by atoms with van der Waals surface area (Å²) in [7, 11) is 1.80. The summed E-state index contributed by atoms with van der Waals surface area (Å²) in [5, 5.41) is 13.5. The van der Waals surface area contributed by atoms with Crippen LogP contribution in [0.25, 0.3) is 10.8 Å². The first-order valence-electron chi connectivity index (χ1n) is 8.25. The quantitative estimate of drug-likeness (QED) is 0.263. The normalized spacial score (nSPS) is 11.2. The van der Waals surface area contributed by atoms with Gasteiger partial charge < -0.3 is 10.6 Å². The molecule has 1 aromatic heterocycles. The first kappa shape index (κ1) is 19.2. The van der Waals surface area contributed by atoms with Crippen LogP contribution in [0.5, 0.6) is 0 Å². The molecule has 0 unspecified atom stereocenters. The van der Waals surface area contributed by atoms with E-state index in [1.807, 2.05) is 16.9 Å². The van der Waals surface area contributed by atoms with Crippen molar-refractivity contribution in [3.05, 3.63) is 66.5 Å². The molecule has 0 aliphatic rings. The van der Waals surface area contributed by atoms with Gasteiger partial charge in [0.2, 0.25) is 0 Å². The maximum absolute atomic E-state index is 4.29. The second-order valence-electron chi connectivity index (χ2n) is 5.61. The number of aliphatic imine (C=N–C) groups is 1. The van der Waals surface area contributed by atoms with E-state index in [2.05, 4.69) is 63.2 Å². The highest BCUT2D eigenvalue weighted by molar-refractivity contribution is 14.0. The first-order valence-corrected chi connectivity index (χ1v) is 8.25. The molecule has 25 heavy (non-hydrogen) atoms. The number of hydrogen-bond donors (Lipinski definition) is 2. The van der Waals surface area contributed by atoms with Gasteiger partial charge in [0.25, 0.3) is 0 Å². The third-order valence-corrected chi connectivity index (χ3v) is 3.97. The number of guanidine groups is 1. The molecule has 0 atom stereocenters. The summed E-state index contributed by atoms with van der Waals surface area (Å²) in [6, 6.07) is 16.8. The molecule has 0 aliphatic carbocycles. The summed E-state index contributed by atoms with van der Waals surface area (Å²) in [5.74, 6) is 0.823. The van der Waals surface area contributed by atoms with Crippen LogP contribution < -0.4 is 10.6 Å². The number of rotatable bonds is 6. The summed E-state index contributed by atoms with van der Waals surface area (Å²) in [5.41, 5.74) is 1.27. The van der Waals surface area contributed by atoms with E-state index in [9.17, 15) is 0 Å². The van der Waals surface area contributed by atoms with Gasteiger partial charge in [-0.3, -0.25) is 9.67 Å². The molecule has 0 bridgehead atoms. The number of aromatic nitrogens is 2. The first-order chi connectivity index (χ1) is 11.9. The van der Waals surface area contributed by atoms with E-state index in [-0.39, 0.29) is 24.0 Å². The van der Waals surface area contributed by atoms with Gasteiger partial charge in [-0.15, -0.1) is 24.0 Å². The molecule has 0 fully saturated rings. The summed E-state index contributed by atoms with van der Waals surface area (Å²) in [6.45, 7) is 2.51. The van der Waals surface area contributed by atoms with Crippen molar-refractivity contribution in [1.29, 1.82) is 0 Å². The lowest BCUT2D eigenvalue weighted by Crippen LogP contribution is -2.37. The van der Waals surface area contributed by atoms with Crippen LogP contribution in [0.15, 0.2) is 65.9 Å². The molecule has 2 aromatic carbocycles. The van der Waals surface area contributed by atoms with Crippen LogP contribution in [-0.4, -0.2) is 29.3 Å². The SMILES string of the molecule is CN=C(NCCCn1cccn1)NCc1cccc2ccccc12.I. The monoisotopic (exact) mass is 449 g/mol. The molecule has 0 saturated heterocycles. The number of benzene rings is 2. The van der Waals surface area contributed by atoms with E-state index in [0.717, 1.165) is 32.0 Å². The number of halogens is 1. The Morgan fingerprint density at radius 2 is 1.92 bits per heavy atom. The van der Waals surface area contributed by atoms with Gasteiger partial charge in [0.15, 0.2) is 5.96 Å². The third-order valence-electron chi connectivity index (χ3n) is 3.97. The summed E-state index contributed by atoms with van der Waals surface area (Å²) < 4.78 is 1.94. The number of hydrogen-bond acceptors (Lipinski definition) is 2. The maximum Gasteiger partial charge on any atom is 0.191 e. The van der Waals surface area contributed by atoms with Crippen molar-refractivity contribution in [1.82, 2.24) is 20.4 Å². The topological polar surface area (TPSA) is 54.2 Å². The Kier molecular flexibility index (Phi) is 7.72. The predicted octanol–water partition coefficient (Wildman–Crippen LogP) is 3.41. The van der Waals surface area contributed by atoms with Crippen molar-refractivity contribution in [3.8, 4) is 0 Å². The molecule has 5 nitrogen and oxygen atoms in total. The second-order valence-corrected chi connectivity index (χ2v) is 5.61. The van der Waals surface area contributed by atoms with E-state index in [0.29, 0.717) is 0 Å². The lowest BCUT2D eigenvalue weighted by Gasteiger charge is -2.13. The second kappa shape index (κ2) is 10.0. The predicted molar refractivity (Wildman–Crippen MR) is 114 cm³/mol. The minimum absolute atomic E-state index is 0. The van der Waals surface area contributed by atoms with E-state index in [4.69, 9.17) is 0 Å². The van der Waals surface area contributed by atoms with Gasteiger partial charge in [-0.2, -0.15) is 5.10 Å². The largest absolute Gasteiger partial charge is 0.356 e. The van der Waals surface area contributed by atoms with Crippen LogP contribution in [0.2, 0.25) is 0 Å².